The Hall–Kier alpha value is -1.38. The maximum Gasteiger partial charge on any atom is 0.203 e. The van der Waals surface area contributed by atoms with Crippen LogP contribution in [0.15, 0.2) is 6.07 Å². The van der Waals surface area contributed by atoms with Gasteiger partial charge in [0.2, 0.25) is 5.75 Å². The van der Waals surface area contributed by atoms with E-state index in [1.165, 1.54) is 12.0 Å². The lowest BCUT2D eigenvalue weighted by molar-refractivity contribution is 0.329. The first-order valence-electron chi connectivity index (χ1n) is 5.23. The lowest BCUT2D eigenvalue weighted by atomic mass is 9.90. The molecule has 2 rings (SSSR count). The van der Waals surface area contributed by atoms with Crippen molar-refractivity contribution in [1.29, 1.82) is 0 Å². The van der Waals surface area contributed by atoms with Gasteiger partial charge in [0.15, 0.2) is 11.5 Å². The van der Waals surface area contributed by atoms with Crippen molar-refractivity contribution in [2.45, 2.75) is 25.7 Å². The van der Waals surface area contributed by atoms with Gasteiger partial charge in [-0.2, -0.15) is 0 Å². The van der Waals surface area contributed by atoms with E-state index in [2.05, 4.69) is 0 Å². The molecule has 1 aromatic carbocycles. The van der Waals surface area contributed by atoms with Gasteiger partial charge in [0.05, 0.1) is 14.2 Å². The minimum Gasteiger partial charge on any atom is -0.504 e. The third kappa shape index (κ3) is 1.62. The largest absolute Gasteiger partial charge is 0.504 e. The Morgan fingerprint density at radius 3 is 2.53 bits per heavy atom. The van der Waals surface area contributed by atoms with Crippen LogP contribution in [0.4, 0.5) is 0 Å². The first-order chi connectivity index (χ1) is 7.27. The molecule has 1 N–H and O–H groups in total. The van der Waals surface area contributed by atoms with E-state index in [0.29, 0.717) is 11.5 Å². The summed E-state index contributed by atoms with van der Waals surface area (Å²) in [5, 5.41) is 10.0. The quantitative estimate of drug-likeness (QED) is 0.810. The van der Waals surface area contributed by atoms with Crippen LogP contribution in [0.2, 0.25) is 0 Å². The van der Waals surface area contributed by atoms with Crippen molar-refractivity contribution in [3.63, 3.8) is 0 Å². The Bertz CT molecular complexity index is 357. The molecule has 82 valence electrons. The molecule has 0 atom stereocenters. The molecule has 0 saturated carbocycles. The Labute approximate surface area is 89.6 Å². The average Bonchev–Trinajstić information content (AvgIpc) is 2.29. The third-order valence-electron chi connectivity index (χ3n) is 2.96. The number of phenolic OH excluding ortho intramolecular Hbond substituents is 1. The maximum atomic E-state index is 10.0. The highest BCUT2D eigenvalue weighted by molar-refractivity contribution is 5.58. The maximum absolute atomic E-state index is 10.0. The predicted octanol–water partition coefficient (Wildman–Crippen LogP) is 2.29. The molecule has 1 aliphatic carbocycles. The minimum atomic E-state index is 0.256. The van der Waals surface area contributed by atoms with Crippen LogP contribution in [0.25, 0.3) is 0 Å². The molecule has 0 aliphatic heterocycles. The topological polar surface area (TPSA) is 38.7 Å². The summed E-state index contributed by atoms with van der Waals surface area (Å²) in [6, 6.07) is 1.98. The molecule has 0 bridgehead atoms. The van der Waals surface area contributed by atoms with Gasteiger partial charge < -0.3 is 14.6 Å². The van der Waals surface area contributed by atoms with Crippen LogP contribution in [0.5, 0.6) is 17.2 Å². The van der Waals surface area contributed by atoms with E-state index in [4.69, 9.17) is 9.47 Å². The van der Waals surface area contributed by atoms with Crippen LogP contribution in [0.3, 0.4) is 0 Å². The summed E-state index contributed by atoms with van der Waals surface area (Å²) in [7, 11) is 3.14. The smallest absolute Gasteiger partial charge is 0.203 e. The number of benzene rings is 1. The van der Waals surface area contributed by atoms with Crippen molar-refractivity contribution in [2.24, 2.45) is 0 Å². The van der Waals surface area contributed by atoms with E-state index < -0.39 is 0 Å². The third-order valence-corrected chi connectivity index (χ3v) is 2.96. The monoisotopic (exact) mass is 208 g/mol. The summed E-state index contributed by atoms with van der Waals surface area (Å²) < 4.78 is 10.4. The van der Waals surface area contributed by atoms with Gasteiger partial charge >= 0.3 is 0 Å². The van der Waals surface area contributed by atoms with E-state index >= 15 is 0 Å². The van der Waals surface area contributed by atoms with E-state index in [0.717, 1.165) is 24.8 Å². The fourth-order valence-electron chi connectivity index (χ4n) is 2.18. The number of rotatable bonds is 2. The van der Waals surface area contributed by atoms with Gasteiger partial charge in [0.25, 0.3) is 0 Å². The lowest BCUT2D eigenvalue weighted by Crippen LogP contribution is -2.05. The zero-order valence-electron chi connectivity index (χ0n) is 9.17. The summed E-state index contributed by atoms with van der Waals surface area (Å²) in [6.45, 7) is 0. The molecule has 1 aromatic rings. The molecule has 0 radical (unpaired) electrons. The predicted molar refractivity (Wildman–Crippen MR) is 57.9 cm³/mol. The first-order valence-corrected chi connectivity index (χ1v) is 5.23. The molecule has 3 heteroatoms. The van der Waals surface area contributed by atoms with Crippen LogP contribution in [-0.4, -0.2) is 19.3 Å². The van der Waals surface area contributed by atoms with Gasteiger partial charge in [-0.25, -0.2) is 0 Å². The molecule has 0 unspecified atom stereocenters. The molecule has 0 fully saturated rings. The van der Waals surface area contributed by atoms with Gasteiger partial charge in [-0.05, 0) is 37.3 Å². The Morgan fingerprint density at radius 2 is 1.87 bits per heavy atom. The molecule has 3 nitrogen and oxygen atoms in total. The molecule has 1 aliphatic rings. The number of phenols is 1. The van der Waals surface area contributed by atoms with E-state index in [9.17, 15) is 5.11 Å². The number of aryl methyl sites for hydroxylation is 1. The molecule has 15 heavy (non-hydrogen) atoms. The number of hydrogen-bond donors (Lipinski definition) is 1. The number of hydrogen-bond acceptors (Lipinski definition) is 3. The normalized spacial score (nSPS) is 14.5. The highest BCUT2D eigenvalue weighted by Crippen LogP contribution is 2.43. The van der Waals surface area contributed by atoms with Crippen molar-refractivity contribution in [2.75, 3.05) is 14.2 Å². The van der Waals surface area contributed by atoms with Crippen LogP contribution in [0, 0.1) is 0 Å². The molecule has 0 heterocycles. The summed E-state index contributed by atoms with van der Waals surface area (Å²) in [6.07, 6.45) is 4.27. The van der Waals surface area contributed by atoms with Gasteiger partial charge in [0.1, 0.15) is 0 Å². The Morgan fingerprint density at radius 1 is 1.13 bits per heavy atom. The summed E-state index contributed by atoms with van der Waals surface area (Å²) in [4.78, 5) is 0. The van der Waals surface area contributed by atoms with Crippen molar-refractivity contribution in [3.8, 4) is 17.2 Å². The Balaban J connectivity index is 2.57. The van der Waals surface area contributed by atoms with Crippen molar-refractivity contribution < 1.29 is 14.6 Å². The molecular weight excluding hydrogens is 192 g/mol. The van der Waals surface area contributed by atoms with E-state index in [1.54, 1.807) is 14.2 Å². The average molecular weight is 208 g/mol. The second-order valence-corrected chi connectivity index (χ2v) is 3.81. The molecule has 0 aromatic heterocycles. The Kier molecular flexibility index (Phi) is 2.71. The lowest BCUT2D eigenvalue weighted by Gasteiger charge is -2.20. The van der Waals surface area contributed by atoms with Gasteiger partial charge in [0, 0.05) is 5.56 Å². The summed E-state index contributed by atoms with van der Waals surface area (Å²) >= 11 is 0. The second kappa shape index (κ2) is 4.01. The first kappa shape index (κ1) is 10.1. The highest BCUT2D eigenvalue weighted by Gasteiger charge is 2.20. The van der Waals surface area contributed by atoms with Crippen LogP contribution < -0.4 is 9.47 Å². The van der Waals surface area contributed by atoms with E-state index in [1.807, 2.05) is 6.07 Å². The van der Waals surface area contributed by atoms with Crippen LogP contribution >= 0.6 is 0 Å². The zero-order valence-corrected chi connectivity index (χ0v) is 9.17. The summed E-state index contributed by atoms with van der Waals surface area (Å²) in [5.41, 5.74) is 2.22. The fourth-order valence-corrected chi connectivity index (χ4v) is 2.18. The zero-order chi connectivity index (χ0) is 10.8. The minimum absolute atomic E-state index is 0.256. The fraction of sp³-hybridized carbons (Fsp3) is 0.500. The number of ether oxygens (including phenoxy) is 2. The number of aromatic hydroxyl groups is 1. The second-order valence-electron chi connectivity index (χ2n) is 3.81. The van der Waals surface area contributed by atoms with Crippen LogP contribution in [-0.2, 0) is 12.8 Å². The SMILES string of the molecule is COc1cc2c(c(O)c1OC)CCCC2. The summed E-state index contributed by atoms with van der Waals surface area (Å²) in [5.74, 6) is 1.33. The van der Waals surface area contributed by atoms with Crippen LogP contribution in [0.1, 0.15) is 24.0 Å². The number of methoxy groups -OCH3 is 2. The van der Waals surface area contributed by atoms with Crippen molar-refractivity contribution >= 4 is 0 Å². The van der Waals surface area contributed by atoms with Gasteiger partial charge in [-0.3, -0.25) is 0 Å². The molecule has 0 spiro atoms. The van der Waals surface area contributed by atoms with Crippen molar-refractivity contribution in [3.05, 3.63) is 17.2 Å². The van der Waals surface area contributed by atoms with Gasteiger partial charge in [-0.15, -0.1) is 0 Å². The molecule has 0 saturated heterocycles. The molecule has 0 amide bonds. The van der Waals surface area contributed by atoms with E-state index in [-0.39, 0.29) is 5.75 Å². The highest BCUT2D eigenvalue weighted by atomic mass is 16.5. The number of fused-ring (bicyclic) bond motifs is 1. The van der Waals surface area contributed by atoms with Gasteiger partial charge in [-0.1, -0.05) is 0 Å². The molecular formula is C12H16O3. The standard InChI is InChI=1S/C12H16O3/c1-14-10-7-8-5-3-4-6-9(8)11(13)12(10)15-2/h7,13H,3-6H2,1-2H3. The van der Waals surface area contributed by atoms with Crippen molar-refractivity contribution in [1.82, 2.24) is 0 Å².